The average molecular weight is 480 g/mol. The van der Waals surface area contributed by atoms with E-state index in [0.717, 1.165) is 11.1 Å². The SMILES string of the molecule is CC(C)CNC(=O)COc1ccc([C@H]2Nc3ccccc3S(=O)(=O)N2Cc2ccccc2)cc1. The van der Waals surface area contributed by atoms with Gasteiger partial charge in [-0.15, -0.1) is 0 Å². The fourth-order valence-electron chi connectivity index (χ4n) is 3.75. The van der Waals surface area contributed by atoms with Crippen LogP contribution in [0.5, 0.6) is 5.75 Å². The Labute approximate surface area is 200 Å². The summed E-state index contributed by atoms with van der Waals surface area (Å²) in [4.78, 5) is 12.2. The van der Waals surface area contributed by atoms with Crippen LogP contribution in [0, 0.1) is 5.92 Å². The zero-order valence-electron chi connectivity index (χ0n) is 19.3. The smallest absolute Gasteiger partial charge is 0.257 e. The van der Waals surface area contributed by atoms with Crippen LogP contribution in [0.4, 0.5) is 5.69 Å². The number of ether oxygens (including phenoxy) is 1. The Kier molecular flexibility index (Phi) is 7.19. The first kappa shape index (κ1) is 23.8. The van der Waals surface area contributed by atoms with E-state index < -0.39 is 16.2 Å². The minimum Gasteiger partial charge on any atom is -0.484 e. The molecule has 0 spiro atoms. The summed E-state index contributed by atoms with van der Waals surface area (Å²) in [5.41, 5.74) is 2.23. The molecule has 3 aromatic rings. The number of amides is 1. The number of anilines is 1. The molecule has 8 heteroatoms. The number of sulfonamides is 1. The molecule has 0 saturated carbocycles. The van der Waals surface area contributed by atoms with Gasteiger partial charge in [-0.2, -0.15) is 4.31 Å². The van der Waals surface area contributed by atoms with Gasteiger partial charge < -0.3 is 15.4 Å². The molecular formula is C26H29N3O4S. The summed E-state index contributed by atoms with van der Waals surface area (Å²) < 4.78 is 34.2. The van der Waals surface area contributed by atoms with Gasteiger partial charge in [-0.3, -0.25) is 4.79 Å². The number of hydrogen-bond acceptors (Lipinski definition) is 5. The van der Waals surface area contributed by atoms with E-state index in [4.69, 9.17) is 4.74 Å². The van der Waals surface area contributed by atoms with Crippen LogP contribution in [0.1, 0.15) is 31.1 Å². The lowest BCUT2D eigenvalue weighted by atomic mass is 10.1. The molecule has 7 nitrogen and oxygen atoms in total. The third-order valence-electron chi connectivity index (χ3n) is 5.51. The molecule has 0 unspecified atom stereocenters. The monoisotopic (exact) mass is 479 g/mol. The molecule has 0 aromatic heterocycles. The van der Waals surface area contributed by atoms with E-state index in [1.165, 1.54) is 4.31 Å². The van der Waals surface area contributed by atoms with Gasteiger partial charge in [0.05, 0.1) is 5.69 Å². The number of carbonyl (C=O) groups is 1. The van der Waals surface area contributed by atoms with Crippen LogP contribution in [0.25, 0.3) is 0 Å². The Morgan fingerprint density at radius 1 is 1.00 bits per heavy atom. The van der Waals surface area contributed by atoms with Crippen LogP contribution in [0.15, 0.2) is 83.8 Å². The number of hydrogen-bond donors (Lipinski definition) is 2. The number of nitrogens with zero attached hydrogens (tertiary/aromatic N) is 1. The number of rotatable bonds is 8. The fraction of sp³-hybridized carbons (Fsp3) is 0.269. The van der Waals surface area contributed by atoms with E-state index in [1.807, 2.05) is 62.4 Å². The predicted octanol–water partition coefficient (Wildman–Crippen LogP) is 4.15. The first-order valence-corrected chi connectivity index (χ1v) is 12.7. The average Bonchev–Trinajstić information content (AvgIpc) is 2.84. The number of benzene rings is 3. The van der Waals surface area contributed by atoms with Crippen LogP contribution in [-0.4, -0.2) is 31.8 Å². The quantitative estimate of drug-likeness (QED) is 0.507. The number of carbonyl (C=O) groups excluding carboxylic acids is 1. The van der Waals surface area contributed by atoms with Crippen molar-refractivity contribution in [2.45, 2.75) is 31.5 Å². The molecular weight excluding hydrogens is 450 g/mol. The van der Waals surface area contributed by atoms with Gasteiger partial charge in [0.1, 0.15) is 16.8 Å². The van der Waals surface area contributed by atoms with Crippen LogP contribution < -0.4 is 15.4 Å². The van der Waals surface area contributed by atoms with Gasteiger partial charge in [0.15, 0.2) is 6.61 Å². The Hall–Kier alpha value is -3.36. The molecule has 0 radical (unpaired) electrons. The standard InChI is InChI=1S/C26H29N3O4S/c1-19(2)16-27-25(30)18-33-22-14-12-21(13-15-22)26-28-23-10-6-7-11-24(23)34(31,32)29(26)17-20-8-4-3-5-9-20/h3-15,19,26,28H,16-18H2,1-2H3,(H,27,30)/t26-/m0/s1. The van der Waals surface area contributed by atoms with Gasteiger partial charge in [0.25, 0.3) is 5.91 Å². The molecule has 0 aliphatic carbocycles. The van der Waals surface area contributed by atoms with Crippen molar-refractivity contribution in [2.75, 3.05) is 18.5 Å². The molecule has 0 saturated heterocycles. The molecule has 0 fully saturated rings. The summed E-state index contributed by atoms with van der Waals surface area (Å²) in [6.45, 7) is 4.80. The normalized spacial score (nSPS) is 17.0. The maximum atomic E-state index is 13.6. The molecule has 1 aliphatic rings. The van der Waals surface area contributed by atoms with Crippen molar-refractivity contribution in [3.05, 3.63) is 90.0 Å². The van der Waals surface area contributed by atoms with E-state index in [9.17, 15) is 13.2 Å². The molecule has 1 atom stereocenters. The second-order valence-electron chi connectivity index (χ2n) is 8.63. The molecule has 34 heavy (non-hydrogen) atoms. The zero-order valence-corrected chi connectivity index (χ0v) is 20.1. The second kappa shape index (κ2) is 10.3. The minimum atomic E-state index is -3.74. The molecule has 4 rings (SSSR count). The number of fused-ring (bicyclic) bond motifs is 1. The molecule has 1 heterocycles. The fourth-order valence-corrected chi connectivity index (χ4v) is 5.43. The maximum absolute atomic E-state index is 13.6. The Morgan fingerprint density at radius 3 is 2.38 bits per heavy atom. The highest BCUT2D eigenvalue weighted by Gasteiger charge is 2.38. The first-order valence-electron chi connectivity index (χ1n) is 11.3. The summed E-state index contributed by atoms with van der Waals surface area (Å²) >= 11 is 0. The van der Waals surface area contributed by atoms with E-state index in [1.54, 1.807) is 30.3 Å². The van der Waals surface area contributed by atoms with Crippen molar-refractivity contribution in [1.82, 2.24) is 9.62 Å². The zero-order chi connectivity index (χ0) is 24.1. The highest BCUT2D eigenvalue weighted by molar-refractivity contribution is 7.89. The van der Waals surface area contributed by atoms with Crippen molar-refractivity contribution in [3.8, 4) is 5.75 Å². The van der Waals surface area contributed by atoms with E-state index in [2.05, 4.69) is 10.6 Å². The Bertz CT molecular complexity index is 1230. The van der Waals surface area contributed by atoms with Crippen LogP contribution in [0.2, 0.25) is 0 Å². The summed E-state index contributed by atoms with van der Waals surface area (Å²) in [7, 11) is -3.74. The van der Waals surface area contributed by atoms with Crippen LogP contribution >= 0.6 is 0 Å². The molecule has 0 bridgehead atoms. The van der Waals surface area contributed by atoms with E-state index in [0.29, 0.717) is 23.9 Å². The molecule has 178 valence electrons. The summed E-state index contributed by atoms with van der Waals surface area (Å²) in [5, 5.41) is 6.19. The predicted molar refractivity (Wildman–Crippen MR) is 132 cm³/mol. The van der Waals surface area contributed by atoms with Crippen molar-refractivity contribution in [1.29, 1.82) is 0 Å². The van der Waals surface area contributed by atoms with Crippen molar-refractivity contribution in [3.63, 3.8) is 0 Å². The maximum Gasteiger partial charge on any atom is 0.257 e. The van der Waals surface area contributed by atoms with Crippen LogP contribution in [0.3, 0.4) is 0 Å². The van der Waals surface area contributed by atoms with Gasteiger partial charge >= 0.3 is 0 Å². The van der Waals surface area contributed by atoms with E-state index >= 15 is 0 Å². The lowest BCUT2D eigenvalue weighted by Crippen LogP contribution is -2.42. The summed E-state index contributed by atoms with van der Waals surface area (Å²) in [6.07, 6.45) is -0.594. The number of para-hydroxylation sites is 1. The number of nitrogens with one attached hydrogen (secondary N) is 2. The largest absolute Gasteiger partial charge is 0.484 e. The highest BCUT2D eigenvalue weighted by atomic mass is 32.2. The molecule has 3 aromatic carbocycles. The van der Waals surface area contributed by atoms with Gasteiger partial charge in [-0.1, -0.05) is 68.4 Å². The van der Waals surface area contributed by atoms with Gasteiger partial charge in [-0.25, -0.2) is 8.42 Å². The Balaban J connectivity index is 1.56. The van der Waals surface area contributed by atoms with E-state index in [-0.39, 0.29) is 24.0 Å². The summed E-state index contributed by atoms with van der Waals surface area (Å²) in [5.74, 6) is 0.729. The van der Waals surface area contributed by atoms with Crippen LogP contribution in [-0.2, 0) is 21.4 Å². The minimum absolute atomic E-state index is 0.0738. The second-order valence-corrected chi connectivity index (χ2v) is 10.5. The first-order chi connectivity index (χ1) is 16.3. The van der Waals surface area contributed by atoms with Gasteiger partial charge in [-0.05, 0) is 41.3 Å². The molecule has 1 aliphatic heterocycles. The third kappa shape index (κ3) is 5.40. The van der Waals surface area contributed by atoms with Gasteiger partial charge in [0, 0.05) is 13.1 Å². The molecule has 1 amide bonds. The van der Waals surface area contributed by atoms with Crippen molar-refractivity contribution in [2.24, 2.45) is 5.92 Å². The molecule has 2 N–H and O–H groups in total. The summed E-state index contributed by atoms with van der Waals surface area (Å²) in [6, 6.07) is 23.6. The lowest BCUT2D eigenvalue weighted by molar-refractivity contribution is -0.123. The van der Waals surface area contributed by atoms with Gasteiger partial charge in [0.2, 0.25) is 10.0 Å². The van der Waals surface area contributed by atoms with Crippen molar-refractivity contribution < 1.29 is 17.9 Å². The third-order valence-corrected chi connectivity index (χ3v) is 7.38. The topological polar surface area (TPSA) is 87.7 Å². The Morgan fingerprint density at radius 2 is 1.68 bits per heavy atom. The lowest BCUT2D eigenvalue weighted by Gasteiger charge is -2.37. The highest BCUT2D eigenvalue weighted by Crippen LogP contribution is 2.39. The van der Waals surface area contributed by atoms with Crippen molar-refractivity contribution >= 4 is 21.6 Å².